The Morgan fingerprint density at radius 3 is 2.71 bits per heavy atom. The summed E-state index contributed by atoms with van der Waals surface area (Å²) < 4.78 is 13.2. The number of thiocarbonyl (C=S) groups is 1. The predicted octanol–water partition coefficient (Wildman–Crippen LogP) is 2.45. The van der Waals surface area contributed by atoms with Gasteiger partial charge in [0.1, 0.15) is 0 Å². The lowest BCUT2D eigenvalue weighted by atomic mass is 9.97. The average molecular weight is 444 g/mol. The minimum absolute atomic E-state index is 0.0229. The molecule has 2 atom stereocenters. The number of aryl methyl sites for hydroxylation is 1. The molecule has 2 aliphatic rings. The number of hydrogen-bond donors (Lipinski definition) is 1. The maximum absolute atomic E-state index is 5.83. The van der Waals surface area contributed by atoms with Crippen LogP contribution in [-0.2, 0) is 16.0 Å². The number of ether oxygens (including phenoxy) is 2. The van der Waals surface area contributed by atoms with Crippen molar-refractivity contribution >= 4 is 17.3 Å². The van der Waals surface area contributed by atoms with Crippen LogP contribution in [0.1, 0.15) is 34.7 Å². The molecule has 2 unspecified atom stereocenters. The van der Waals surface area contributed by atoms with Gasteiger partial charge in [-0.1, -0.05) is 6.07 Å². The molecule has 2 fully saturated rings. The van der Waals surface area contributed by atoms with Crippen LogP contribution < -0.4 is 5.32 Å². The number of methoxy groups -OCH3 is 1. The second kappa shape index (κ2) is 10.1. The van der Waals surface area contributed by atoms with E-state index < -0.39 is 0 Å². The van der Waals surface area contributed by atoms with Gasteiger partial charge in [-0.05, 0) is 49.8 Å². The minimum atomic E-state index is 0.0229. The Morgan fingerprint density at radius 2 is 2.00 bits per heavy atom. The number of aromatic nitrogens is 2. The highest BCUT2D eigenvalue weighted by molar-refractivity contribution is 7.80. The van der Waals surface area contributed by atoms with E-state index in [-0.39, 0.29) is 12.1 Å². The van der Waals surface area contributed by atoms with E-state index in [0.29, 0.717) is 6.61 Å². The fraction of sp³-hybridized carbons (Fsp3) is 0.565. The first kappa shape index (κ1) is 22.2. The molecule has 4 rings (SSSR count). The van der Waals surface area contributed by atoms with Gasteiger partial charge in [0.2, 0.25) is 0 Å². The smallest absolute Gasteiger partial charge is 0.170 e. The highest BCUT2D eigenvalue weighted by Crippen LogP contribution is 2.40. The Bertz CT molecular complexity index is 882. The third-order valence-electron chi connectivity index (χ3n) is 6.41. The Balaban J connectivity index is 1.65. The zero-order valence-electron chi connectivity index (χ0n) is 18.7. The van der Waals surface area contributed by atoms with Crippen LogP contribution in [0.4, 0.5) is 0 Å². The number of pyridine rings is 1. The molecule has 0 saturated carbocycles. The number of rotatable bonds is 8. The van der Waals surface area contributed by atoms with E-state index in [1.807, 2.05) is 18.3 Å². The van der Waals surface area contributed by atoms with Crippen molar-refractivity contribution in [3.8, 4) is 0 Å². The predicted molar refractivity (Wildman–Crippen MR) is 125 cm³/mol. The summed E-state index contributed by atoms with van der Waals surface area (Å²) in [6, 6.07) is 8.52. The van der Waals surface area contributed by atoms with Gasteiger partial charge in [-0.2, -0.15) is 0 Å². The maximum Gasteiger partial charge on any atom is 0.170 e. The molecule has 31 heavy (non-hydrogen) atoms. The SMILES string of the molecule is COCCn1c(C)cc(C2C(c3ccccn3)NC(=S)N2CCN2CCOCC2)c1C. The van der Waals surface area contributed by atoms with Crippen molar-refractivity contribution in [2.75, 3.05) is 53.1 Å². The minimum Gasteiger partial charge on any atom is -0.383 e. The molecule has 1 N–H and O–H groups in total. The van der Waals surface area contributed by atoms with Crippen molar-refractivity contribution in [3.05, 3.63) is 53.1 Å². The van der Waals surface area contributed by atoms with Crippen LogP contribution in [0.3, 0.4) is 0 Å². The lowest BCUT2D eigenvalue weighted by Crippen LogP contribution is -2.42. The molecule has 2 aromatic heterocycles. The van der Waals surface area contributed by atoms with Gasteiger partial charge < -0.3 is 24.3 Å². The first-order chi connectivity index (χ1) is 15.1. The topological polar surface area (TPSA) is 54.8 Å². The van der Waals surface area contributed by atoms with Gasteiger partial charge in [-0.25, -0.2) is 0 Å². The van der Waals surface area contributed by atoms with Crippen LogP contribution in [0.2, 0.25) is 0 Å². The van der Waals surface area contributed by atoms with Crippen LogP contribution in [0.15, 0.2) is 30.5 Å². The molecule has 0 aliphatic carbocycles. The molecule has 0 aromatic carbocycles. The lowest BCUT2D eigenvalue weighted by molar-refractivity contribution is 0.0350. The third kappa shape index (κ3) is 4.77. The van der Waals surface area contributed by atoms with E-state index in [4.69, 9.17) is 21.7 Å². The van der Waals surface area contributed by atoms with Gasteiger partial charge >= 0.3 is 0 Å². The summed E-state index contributed by atoms with van der Waals surface area (Å²) in [5, 5.41) is 4.37. The number of hydrogen-bond acceptors (Lipinski definition) is 5. The maximum atomic E-state index is 5.83. The van der Waals surface area contributed by atoms with Gasteiger partial charge in [-0.3, -0.25) is 9.88 Å². The molecule has 168 valence electrons. The van der Waals surface area contributed by atoms with E-state index in [1.165, 1.54) is 17.0 Å². The van der Waals surface area contributed by atoms with E-state index in [9.17, 15) is 0 Å². The molecular formula is C23H33N5O2S. The number of morpholine rings is 1. The van der Waals surface area contributed by atoms with Crippen molar-refractivity contribution in [2.24, 2.45) is 0 Å². The van der Waals surface area contributed by atoms with Crippen LogP contribution in [0.5, 0.6) is 0 Å². The van der Waals surface area contributed by atoms with Crippen LogP contribution in [0.25, 0.3) is 0 Å². The highest BCUT2D eigenvalue weighted by atomic mass is 32.1. The standard InChI is InChI=1S/C23H33N5O2S/c1-17-16-19(18(2)27(17)12-13-29-3)22-21(20-6-4-5-7-24-20)25-23(31)28(22)9-8-26-10-14-30-15-11-26/h4-7,16,21-22H,8-15H2,1-3H3,(H,25,31). The monoisotopic (exact) mass is 443 g/mol. The summed E-state index contributed by atoms with van der Waals surface area (Å²) in [6.45, 7) is 11.3. The highest BCUT2D eigenvalue weighted by Gasteiger charge is 2.41. The van der Waals surface area contributed by atoms with Crippen molar-refractivity contribution in [3.63, 3.8) is 0 Å². The zero-order valence-corrected chi connectivity index (χ0v) is 19.5. The third-order valence-corrected chi connectivity index (χ3v) is 6.76. The lowest BCUT2D eigenvalue weighted by Gasteiger charge is -2.32. The summed E-state index contributed by atoms with van der Waals surface area (Å²) in [5.74, 6) is 0. The summed E-state index contributed by atoms with van der Waals surface area (Å²) >= 11 is 5.83. The Kier molecular flexibility index (Phi) is 7.22. The van der Waals surface area contributed by atoms with Gasteiger partial charge in [-0.15, -0.1) is 0 Å². The Labute approximate surface area is 190 Å². The van der Waals surface area contributed by atoms with Gasteiger partial charge in [0.15, 0.2) is 5.11 Å². The van der Waals surface area contributed by atoms with E-state index >= 15 is 0 Å². The first-order valence-corrected chi connectivity index (χ1v) is 11.4. The molecule has 8 heteroatoms. The van der Waals surface area contributed by atoms with E-state index in [2.05, 4.69) is 50.6 Å². The number of nitrogens with one attached hydrogen (secondary N) is 1. The fourth-order valence-corrected chi connectivity index (χ4v) is 5.04. The summed E-state index contributed by atoms with van der Waals surface area (Å²) in [6.07, 6.45) is 1.86. The van der Waals surface area contributed by atoms with Crippen molar-refractivity contribution in [2.45, 2.75) is 32.5 Å². The average Bonchev–Trinajstić information content (AvgIpc) is 3.27. The Morgan fingerprint density at radius 1 is 1.19 bits per heavy atom. The van der Waals surface area contributed by atoms with Gasteiger partial charge in [0.05, 0.1) is 37.6 Å². The second-order valence-electron chi connectivity index (χ2n) is 8.24. The quantitative estimate of drug-likeness (QED) is 0.629. The second-order valence-corrected chi connectivity index (χ2v) is 8.63. The molecule has 0 spiro atoms. The molecule has 2 aromatic rings. The molecule has 2 aliphatic heterocycles. The molecule has 4 heterocycles. The van der Waals surface area contributed by atoms with Crippen molar-refractivity contribution in [1.82, 2.24) is 24.7 Å². The van der Waals surface area contributed by atoms with Crippen LogP contribution in [-0.4, -0.2) is 77.6 Å². The molecule has 7 nitrogen and oxygen atoms in total. The summed E-state index contributed by atoms with van der Waals surface area (Å²) in [5.41, 5.74) is 4.84. The zero-order chi connectivity index (χ0) is 21.8. The summed E-state index contributed by atoms with van der Waals surface area (Å²) in [7, 11) is 1.75. The van der Waals surface area contributed by atoms with Crippen LogP contribution >= 0.6 is 12.2 Å². The molecule has 0 bridgehead atoms. The van der Waals surface area contributed by atoms with Gasteiger partial charge in [0.25, 0.3) is 0 Å². The van der Waals surface area contributed by atoms with Crippen LogP contribution in [0, 0.1) is 13.8 Å². The Hall–Kier alpha value is -2.00. The summed E-state index contributed by atoms with van der Waals surface area (Å²) in [4.78, 5) is 9.47. The van der Waals surface area contributed by atoms with E-state index in [1.54, 1.807) is 7.11 Å². The molecule has 0 amide bonds. The first-order valence-electron chi connectivity index (χ1n) is 11.0. The number of nitrogens with zero attached hydrogens (tertiary/aromatic N) is 4. The van der Waals surface area contributed by atoms with Gasteiger partial charge in [0, 0.05) is 57.4 Å². The fourth-order valence-electron chi connectivity index (χ4n) is 4.71. The van der Waals surface area contributed by atoms with Crippen molar-refractivity contribution < 1.29 is 9.47 Å². The van der Waals surface area contributed by atoms with E-state index in [0.717, 1.165) is 56.7 Å². The molecule has 0 radical (unpaired) electrons. The largest absolute Gasteiger partial charge is 0.383 e. The van der Waals surface area contributed by atoms with Crippen molar-refractivity contribution in [1.29, 1.82) is 0 Å². The normalized spacial score (nSPS) is 22.2. The molecule has 2 saturated heterocycles. The molecular weight excluding hydrogens is 410 g/mol.